The van der Waals surface area contributed by atoms with Crippen molar-refractivity contribution in [2.75, 3.05) is 32.7 Å². The van der Waals surface area contributed by atoms with Crippen LogP contribution in [0.2, 0.25) is 0 Å². The van der Waals surface area contributed by atoms with Gasteiger partial charge in [-0.05, 0) is 101 Å². The van der Waals surface area contributed by atoms with Gasteiger partial charge in [0.05, 0.1) is 0 Å². The predicted octanol–water partition coefficient (Wildman–Crippen LogP) is 7.48. The van der Waals surface area contributed by atoms with Crippen molar-refractivity contribution in [1.29, 1.82) is 0 Å². The Kier molecular flexibility index (Phi) is 8.26. The molecule has 2 heterocycles. The third-order valence-corrected chi connectivity index (χ3v) is 7.53. The van der Waals surface area contributed by atoms with Crippen molar-refractivity contribution < 1.29 is 13.2 Å². The molecule has 0 aliphatic carbocycles. The Bertz CT molecular complexity index is 1010. The van der Waals surface area contributed by atoms with Gasteiger partial charge in [0.25, 0.3) is 0 Å². The van der Waals surface area contributed by atoms with Crippen molar-refractivity contribution >= 4 is 5.70 Å². The molecular weight excluding hydrogens is 445 g/mol. The second-order valence-electron chi connectivity index (χ2n) is 11.0. The minimum atomic E-state index is -1.17. The normalized spacial score (nSPS) is 18.1. The molecule has 0 saturated carbocycles. The standard InChI is InChI=1S/C30H39F3N2/c1-22(35-15-5-4-6-16-35)25-11-12-27(29(32)19-25)26-10-9-24(28(31)20-26)8-7-23-13-17-34(18-14-23)21-30(2,3)33/h9-12,19-20,23H,1,4-8,13-18,21H2,2-3H3. The summed E-state index contributed by atoms with van der Waals surface area (Å²) < 4.78 is 43.8. The molecule has 0 amide bonds. The van der Waals surface area contributed by atoms with E-state index in [2.05, 4.69) is 16.4 Å². The van der Waals surface area contributed by atoms with Crippen LogP contribution >= 0.6 is 0 Å². The Hall–Kier alpha value is -2.27. The van der Waals surface area contributed by atoms with Gasteiger partial charge in [-0.1, -0.05) is 30.8 Å². The summed E-state index contributed by atoms with van der Waals surface area (Å²) in [5, 5.41) is 0. The molecule has 2 fully saturated rings. The smallest absolute Gasteiger partial charge is 0.131 e. The highest BCUT2D eigenvalue weighted by Crippen LogP contribution is 2.30. The molecule has 2 aliphatic heterocycles. The van der Waals surface area contributed by atoms with Crippen molar-refractivity contribution in [3.8, 4) is 11.1 Å². The summed E-state index contributed by atoms with van der Waals surface area (Å²) in [6.07, 6.45) is 7.15. The van der Waals surface area contributed by atoms with Gasteiger partial charge in [0.15, 0.2) is 0 Å². The highest BCUT2D eigenvalue weighted by Gasteiger charge is 2.25. The van der Waals surface area contributed by atoms with Crippen LogP contribution in [0.25, 0.3) is 16.8 Å². The number of aryl methyl sites for hydroxylation is 1. The third-order valence-electron chi connectivity index (χ3n) is 7.53. The number of halogens is 3. The van der Waals surface area contributed by atoms with E-state index in [0.717, 1.165) is 69.5 Å². The number of rotatable bonds is 8. The first kappa shape index (κ1) is 25.8. The number of hydrogen-bond acceptors (Lipinski definition) is 2. The molecular formula is C30H39F3N2. The SMILES string of the molecule is C=C(c1ccc(-c2ccc(CCC3CCN(CC(C)(C)F)CC3)c(F)c2)c(F)c1)N1CCCCC1. The summed E-state index contributed by atoms with van der Waals surface area (Å²) in [4.78, 5) is 4.41. The number of hydrogen-bond donors (Lipinski definition) is 0. The van der Waals surface area contributed by atoms with E-state index in [9.17, 15) is 8.78 Å². The second kappa shape index (κ2) is 11.2. The van der Waals surface area contributed by atoms with E-state index in [-0.39, 0.29) is 11.6 Å². The lowest BCUT2D eigenvalue weighted by molar-refractivity contribution is 0.0942. The Morgan fingerprint density at radius 2 is 1.66 bits per heavy atom. The average Bonchev–Trinajstić information content (AvgIpc) is 2.83. The molecule has 2 aromatic carbocycles. The monoisotopic (exact) mass is 484 g/mol. The van der Waals surface area contributed by atoms with E-state index >= 15 is 4.39 Å². The predicted molar refractivity (Wildman–Crippen MR) is 139 cm³/mol. The summed E-state index contributed by atoms with van der Waals surface area (Å²) in [6, 6.07) is 10.2. The summed E-state index contributed by atoms with van der Waals surface area (Å²) in [7, 11) is 0. The molecule has 2 aromatic rings. The zero-order valence-electron chi connectivity index (χ0n) is 21.3. The topological polar surface area (TPSA) is 6.48 Å². The van der Waals surface area contributed by atoms with Crippen LogP contribution in [0, 0.1) is 17.6 Å². The Labute approximate surface area is 208 Å². The van der Waals surface area contributed by atoms with Crippen molar-refractivity contribution in [3.63, 3.8) is 0 Å². The van der Waals surface area contributed by atoms with Gasteiger partial charge < -0.3 is 9.80 Å². The number of alkyl halides is 1. The van der Waals surface area contributed by atoms with Gasteiger partial charge in [-0.2, -0.15) is 0 Å². The van der Waals surface area contributed by atoms with Gasteiger partial charge in [-0.3, -0.25) is 0 Å². The Morgan fingerprint density at radius 1 is 0.943 bits per heavy atom. The molecule has 190 valence electrons. The molecule has 0 atom stereocenters. The number of piperidine rings is 2. The van der Waals surface area contributed by atoms with Crippen LogP contribution in [0.1, 0.15) is 63.5 Å². The highest BCUT2D eigenvalue weighted by atomic mass is 19.1. The molecule has 0 spiro atoms. The lowest BCUT2D eigenvalue weighted by Crippen LogP contribution is -2.41. The molecule has 0 N–H and O–H groups in total. The van der Waals surface area contributed by atoms with Crippen LogP contribution in [0.3, 0.4) is 0 Å². The first-order valence-corrected chi connectivity index (χ1v) is 13.1. The minimum Gasteiger partial charge on any atom is -0.372 e. The maximum atomic E-state index is 15.0. The number of likely N-dealkylation sites (tertiary alicyclic amines) is 2. The second-order valence-corrected chi connectivity index (χ2v) is 11.0. The number of nitrogens with zero attached hydrogens (tertiary/aromatic N) is 2. The van der Waals surface area contributed by atoms with Crippen molar-refractivity contribution in [1.82, 2.24) is 9.80 Å². The molecule has 0 radical (unpaired) electrons. The molecule has 2 aliphatic rings. The summed E-state index contributed by atoms with van der Waals surface area (Å²) in [5.41, 5.74) is 2.12. The molecule has 2 saturated heterocycles. The van der Waals surface area contributed by atoms with E-state index < -0.39 is 5.67 Å². The first-order valence-electron chi connectivity index (χ1n) is 13.1. The fraction of sp³-hybridized carbons (Fsp3) is 0.533. The summed E-state index contributed by atoms with van der Waals surface area (Å²) >= 11 is 0. The van der Waals surface area contributed by atoms with Crippen LogP contribution in [-0.2, 0) is 6.42 Å². The average molecular weight is 485 g/mol. The molecule has 4 rings (SSSR count). The lowest BCUT2D eigenvalue weighted by Gasteiger charge is -2.34. The number of benzene rings is 2. The van der Waals surface area contributed by atoms with Gasteiger partial charge in [0.2, 0.25) is 0 Å². The van der Waals surface area contributed by atoms with Crippen LogP contribution < -0.4 is 0 Å². The van der Waals surface area contributed by atoms with Gasteiger partial charge in [-0.15, -0.1) is 0 Å². The van der Waals surface area contributed by atoms with E-state index in [0.29, 0.717) is 35.6 Å². The first-order chi connectivity index (χ1) is 16.7. The molecule has 35 heavy (non-hydrogen) atoms. The fourth-order valence-corrected chi connectivity index (χ4v) is 5.52. The Morgan fingerprint density at radius 3 is 2.29 bits per heavy atom. The van der Waals surface area contributed by atoms with E-state index in [1.165, 1.54) is 18.6 Å². The zero-order valence-corrected chi connectivity index (χ0v) is 21.3. The van der Waals surface area contributed by atoms with Gasteiger partial charge in [0.1, 0.15) is 17.3 Å². The van der Waals surface area contributed by atoms with Gasteiger partial charge in [0, 0.05) is 36.5 Å². The van der Waals surface area contributed by atoms with Crippen LogP contribution in [0.4, 0.5) is 13.2 Å². The maximum Gasteiger partial charge on any atom is 0.131 e. The third kappa shape index (κ3) is 6.91. The largest absolute Gasteiger partial charge is 0.372 e. The Balaban J connectivity index is 1.34. The summed E-state index contributed by atoms with van der Waals surface area (Å²) in [6.45, 7) is 11.6. The molecule has 5 heteroatoms. The van der Waals surface area contributed by atoms with Gasteiger partial charge in [-0.25, -0.2) is 13.2 Å². The van der Waals surface area contributed by atoms with E-state index in [4.69, 9.17) is 0 Å². The van der Waals surface area contributed by atoms with Crippen LogP contribution in [0.5, 0.6) is 0 Å². The highest BCUT2D eigenvalue weighted by molar-refractivity contribution is 5.69. The maximum absolute atomic E-state index is 15.0. The quantitative estimate of drug-likeness (QED) is 0.383. The van der Waals surface area contributed by atoms with Crippen molar-refractivity contribution in [2.24, 2.45) is 5.92 Å². The molecule has 0 aromatic heterocycles. The molecule has 0 bridgehead atoms. The van der Waals surface area contributed by atoms with Crippen molar-refractivity contribution in [2.45, 2.75) is 64.5 Å². The molecule has 2 nitrogen and oxygen atoms in total. The summed E-state index contributed by atoms with van der Waals surface area (Å²) in [5.74, 6) is -0.0950. The fourth-order valence-electron chi connectivity index (χ4n) is 5.52. The molecule has 0 unspecified atom stereocenters. The van der Waals surface area contributed by atoms with Crippen molar-refractivity contribution in [3.05, 3.63) is 65.7 Å². The van der Waals surface area contributed by atoms with Crippen LogP contribution in [0.15, 0.2) is 43.0 Å². The van der Waals surface area contributed by atoms with E-state index in [1.54, 1.807) is 26.0 Å². The minimum absolute atomic E-state index is 0.277. The lowest BCUT2D eigenvalue weighted by atomic mass is 9.89. The zero-order chi connectivity index (χ0) is 25.0. The van der Waals surface area contributed by atoms with Gasteiger partial charge >= 0.3 is 0 Å². The van der Waals surface area contributed by atoms with E-state index in [1.807, 2.05) is 12.1 Å². The van der Waals surface area contributed by atoms with Crippen LogP contribution in [-0.4, -0.2) is 48.2 Å².